The fourth-order valence-electron chi connectivity index (χ4n) is 4.30. The molecule has 1 saturated carbocycles. The number of hydrogen-bond acceptors (Lipinski definition) is 4. The number of fused-ring (bicyclic) bond motifs is 1. The zero-order chi connectivity index (χ0) is 19.3. The van der Waals surface area contributed by atoms with E-state index in [1.54, 1.807) is 0 Å². The van der Waals surface area contributed by atoms with Crippen molar-refractivity contribution in [3.05, 3.63) is 47.2 Å². The first kappa shape index (κ1) is 17.4. The SMILES string of the molecule is Cc1ccn2c(C(=O)N3CCC[C@@H](Cn4cc(C5CC5)nn4)C3)c(C)nc2c1. The van der Waals surface area contributed by atoms with Crippen LogP contribution in [0.2, 0.25) is 0 Å². The van der Waals surface area contributed by atoms with Crippen LogP contribution in [0.25, 0.3) is 5.65 Å². The summed E-state index contributed by atoms with van der Waals surface area (Å²) in [6.07, 6.45) is 8.66. The van der Waals surface area contributed by atoms with Crippen LogP contribution in [-0.2, 0) is 6.54 Å². The first-order chi connectivity index (χ1) is 13.6. The average Bonchev–Trinajstić information content (AvgIpc) is 3.34. The Kier molecular flexibility index (Phi) is 4.18. The number of nitrogens with zero attached hydrogens (tertiary/aromatic N) is 6. The Morgan fingerprint density at radius 1 is 1.25 bits per heavy atom. The maximum absolute atomic E-state index is 13.3. The number of carbonyl (C=O) groups is 1. The Morgan fingerprint density at radius 3 is 2.93 bits per heavy atom. The molecule has 7 nitrogen and oxygen atoms in total. The lowest BCUT2D eigenvalue weighted by molar-refractivity contribution is 0.0651. The van der Waals surface area contributed by atoms with Gasteiger partial charge in [0.25, 0.3) is 5.91 Å². The minimum atomic E-state index is 0.0795. The highest BCUT2D eigenvalue weighted by Gasteiger charge is 2.29. The highest BCUT2D eigenvalue weighted by Crippen LogP contribution is 2.38. The molecule has 1 amide bonds. The van der Waals surface area contributed by atoms with Crippen LogP contribution >= 0.6 is 0 Å². The predicted molar refractivity (Wildman–Crippen MR) is 105 cm³/mol. The van der Waals surface area contributed by atoms with Gasteiger partial charge in [-0.3, -0.25) is 13.9 Å². The molecule has 28 heavy (non-hydrogen) atoms. The summed E-state index contributed by atoms with van der Waals surface area (Å²) >= 11 is 0. The zero-order valence-electron chi connectivity index (χ0n) is 16.5. The van der Waals surface area contributed by atoms with E-state index in [9.17, 15) is 4.79 Å². The first-order valence-electron chi connectivity index (χ1n) is 10.2. The van der Waals surface area contributed by atoms with E-state index in [0.717, 1.165) is 55.1 Å². The molecule has 5 rings (SSSR count). The number of amides is 1. The van der Waals surface area contributed by atoms with Gasteiger partial charge in [-0.05, 0) is 63.1 Å². The molecule has 1 atom stereocenters. The summed E-state index contributed by atoms with van der Waals surface area (Å²) in [6.45, 7) is 6.36. The van der Waals surface area contributed by atoms with E-state index in [1.165, 1.54) is 12.8 Å². The summed E-state index contributed by atoms with van der Waals surface area (Å²) in [7, 11) is 0. The van der Waals surface area contributed by atoms with E-state index in [4.69, 9.17) is 0 Å². The normalized spacial score (nSPS) is 20.1. The summed E-state index contributed by atoms with van der Waals surface area (Å²) in [5, 5.41) is 8.62. The minimum absolute atomic E-state index is 0.0795. The van der Waals surface area contributed by atoms with Crippen molar-refractivity contribution < 1.29 is 4.79 Å². The topological polar surface area (TPSA) is 68.3 Å². The van der Waals surface area contributed by atoms with Gasteiger partial charge in [-0.25, -0.2) is 4.98 Å². The number of rotatable bonds is 4. The highest BCUT2D eigenvalue weighted by molar-refractivity contribution is 5.94. The number of imidazole rings is 1. The summed E-state index contributed by atoms with van der Waals surface area (Å²) in [5.74, 6) is 1.11. The molecule has 1 aliphatic heterocycles. The molecule has 1 saturated heterocycles. The van der Waals surface area contributed by atoms with Crippen LogP contribution in [0, 0.1) is 19.8 Å². The van der Waals surface area contributed by atoms with E-state index < -0.39 is 0 Å². The molecule has 4 heterocycles. The molecule has 1 aliphatic carbocycles. The Labute approximate surface area is 164 Å². The molecule has 0 unspecified atom stereocenters. The largest absolute Gasteiger partial charge is 0.337 e. The number of pyridine rings is 1. The van der Waals surface area contributed by atoms with Crippen LogP contribution in [0.15, 0.2) is 24.5 Å². The molecular formula is C21H26N6O. The second-order valence-electron chi connectivity index (χ2n) is 8.38. The lowest BCUT2D eigenvalue weighted by Gasteiger charge is -2.32. The fourth-order valence-corrected chi connectivity index (χ4v) is 4.30. The number of piperidine rings is 1. The second kappa shape index (κ2) is 6.72. The van der Waals surface area contributed by atoms with Gasteiger partial charge in [0.2, 0.25) is 0 Å². The molecule has 146 valence electrons. The third-order valence-corrected chi connectivity index (χ3v) is 5.96. The van der Waals surface area contributed by atoms with Crippen LogP contribution in [0.1, 0.15) is 59.0 Å². The van der Waals surface area contributed by atoms with E-state index in [2.05, 4.69) is 21.5 Å². The van der Waals surface area contributed by atoms with Crippen LogP contribution in [-0.4, -0.2) is 48.3 Å². The molecule has 2 fully saturated rings. The summed E-state index contributed by atoms with van der Waals surface area (Å²) in [4.78, 5) is 19.9. The minimum Gasteiger partial charge on any atom is -0.337 e. The van der Waals surface area contributed by atoms with Gasteiger partial charge < -0.3 is 4.90 Å². The molecule has 3 aromatic rings. The van der Waals surface area contributed by atoms with Gasteiger partial charge in [-0.1, -0.05) is 5.21 Å². The average molecular weight is 378 g/mol. The first-order valence-corrected chi connectivity index (χ1v) is 10.2. The monoisotopic (exact) mass is 378 g/mol. The van der Waals surface area contributed by atoms with Gasteiger partial charge in [-0.2, -0.15) is 0 Å². The lowest BCUT2D eigenvalue weighted by atomic mass is 9.97. The van der Waals surface area contributed by atoms with Crippen molar-refractivity contribution in [3.63, 3.8) is 0 Å². The van der Waals surface area contributed by atoms with Crippen molar-refractivity contribution in [1.82, 2.24) is 29.3 Å². The van der Waals surface area contributed by atoms with Crippen molar-refractivity contribution in [2.75, 3.05) is 13.1 Å². The summed E-state index contributed by atoms with van der Waals surface area (Å²) in [5.41, 5.74) is 4.59. The highest BCUT2D eigenvalue weighted by atomic mass is 16.2. The van der Waals surface area contributed by atoms with E-state index in [0.29, 0.717) is 17.5 Å². The van der Waals surface area contributed by atoms with Crippen molar-refractivity contribution in [2.45, 2.75) is 52.0 Å². The molecule has 2 aliphatic rings. The third kappa shape index (κ3) is 3.19. The van der Waals surface area contributed by atoms with E-state index >= 15 is 0 Å². The maximum atomic E-state index is 13.3. The molecule has 0 N–H and O–H groups in total. The summed E-state index contributed by atoms with van der Waals surface area (Å²) < 4.78 is 3.89. The van der Waals surface area contributed by atoms with Crippen LogP contribution in [0.5, 0.6) is 0 Å². The van der Waals surface area contributed by atoms with Gasteiger partial charge in [0, 0.05) is 37.9 Å². The van der Waals surface area contributed by atoms with Crippen LogP contribution < -0.4 is 0 Å². The predicted octanol–water partition coefficient (Wildman–Crippen LogP) is 2.97. The van der Waals surface area contributed by atoms with Crippen molar-refractivity contribution >= 4 is 11.6 Å². The van der Waals surface area contributed by atoms with Gasteiger partial charge in [0.1, 0.15) is 11.3 Å². The Bertz CT molecular complexity index is 1030. The second-order valence-corrected chi connectivity index (χ2v) is 8.38. The van der Waals surface area contributed by atoms with Gasteiger partial charge in [0.05, 0.1) is 11.4 Å². The number of hydrogen-bond donors (Lipinski definition) is 0. The van der Waals surface area contributed by atoms with E-state index in [-0.39, 0.29) is 5.91 Å². The third-order valence-electron chi connectivity index (χ3n) is 5.96. The molecular weight excluding hydrogens is 352 g/mol. The molecule has 0 spiro atoms. The van der Waals surface area contributed by atoms with Crippen molar-refractivity contribution in [2.24, 2.45) is 5.92 Å². The number of carbonyl (C=O) groups excluding carboxylic acids is 1. The quantitative estimate of drug-likeness (QED) is 0.700. The molecule has 0 radical (unpaired) electrons. The molecule has 7 heteroatoms. The smallest absolute Gasteiger partial charge is 0.272 e. The van der Waals surface area contributed by atoms with Gasteiger partial charge >= 0.3 is 0 Å². The van der Waals surface area contributed by atoms with Crippen molar-refractivity contribution in [3.8, 4) is 0 Å². The zero-order valence-corrected chi connectivity index (χ0v) is 16.5. The number of aryl methyl sites for hydroxylation is 2. The van der Waals surface area contributed by atoms with Crippen molar-refractivity contribution in [1.29, 1.82) is 0 Å². The Morgan fingerprint density at radius 2 is 2.11 bits per heavy atom. The molecule has 0 bridgehead atoms. The number of likely N-dealkylation sites (tertiary alicyclic amines) is 1. The van der Waals surface area contributed by atoms with Crippen LogP contribution in [0.3, 0.4) is 0 Å². The Balaban J connectivity index is 1.33. The lowest BCUT2D eigenvalue weighted by Crippen LogP contribution is -2.41. The summed E-state index contributed by atoms with van der Waals surface area (Å²) in [6, 6.07) is 4.04. The molecule has 3 aromatic heterocycles. The molecule has 0 aromatic carbocycles. The standard InChI is InChI=1S/C21H26N6O/c1-14-7-9-27-19(10-14)22-15(2)20(27)21(28)25-8-3-4-16(11-25)12-26-13-18(23-24-26)17-5-6-17/h7,9-10,13,16-17H,3-6,8,11-12H2,1-2H3/t16-/m1/s1. The van der Waals surface area contributed by atoms with Gasteiger partial charge in [0.15, 0.2) is 0 Å². The Hall–Kier alpha value is -2.70. The van der Waals surface area contributed by atoms with Gasteiger partial charge in [-0.15, -0.1) is 5.10 Å². The maximum Gasteiger partial charge on any atom is 0.272 e. The fraction of sp³-hybridized carbons (Fsp3) is 0.524. The van der Waals surface area contributed by atoms with E-state index in [1.807, 2.05) is 46.2 Å². The van der Waals surface area contributed by atoms with Crippen LogP contribution in [0.4, 0.5) is 0 Å². The number of aromatic nitrogens is 5.